The van der Waals surface area contributed by atoms with Crippen LogP contribution in [-0.2, 0) is 0 Å². The molecule has 146 valence electrons. The van der Waals surface area contributed by atoms with Gasteiger partial charge in [0.15, 0.2) is 27.6 Å². The van der Waals surface area contributed by atoms with Crippen LogP contribution in [0.2, 0.25) is 0 Å². The van der Waals surface area contributed by atoms with E-state index < -0.39 is 5.97 Å². The molecule has 0 spiro atoms. The number of nitrogens with zero attached hydrogens (tertiary/aromatic N) is 5. The predicted molar refractivity (Wildman–Crippen MR) is 117 cm³/mol. The highest BCUT2D eigenvalue weighted by Gasteiger charge is 2.19. The third-order valence-electron chi connectivity index (χ3n) is 4.15. The van der Waals surface area contributed by atoms with Crippen molar-refractivity contribution in [3.8, 4) is 0 Å². The van der Waals surface area contributed by atoms with Crippen molar-refractivity contribution >= 4 is 66.8 Å². The highest BCUT2D eigenvalue weighted by Crippen LogP contribution is 2.32. The molecule has 0 amide bonds. The number of aryl methyl sites for hydroxylation is 1. The summed E-state index contributed by atoms with van der Waals surface area (Å²) < 4.78 is 1.09. The summed E-state index contributed by atoms with van der Waals surface area (Å²) in [5.41, 5.74) is 1.78. The molecule has 0 aliphatic rings. The van der Waals surface area contributed by atoms with Crippen molar-refractivity contribution in [1.29, 1.82) is 0 Å². The molecular weight excluding hydrogens is 408 g/mol. The van der Waals surface area contributed by atoms with E-state index in [0.717, 1.165) is 20.9 Å². The number of rotatable bonds is 6. The zero-order valence-corrected chi connectivity index (χ0v) is 17.2. The summed E-state index contributed by atoms with van der Waals surface area (Å²) in [5, 5.41) is 22.3. The molecule has 0 saturated heterocycles. The number of benzene rings is 1. The fourth-order valence-corrected chi connectivity index (χ4v) is 4.38. The molecule has 0 atom stereocenters. The van der Waals surface area contributed by atoms with Gasteiger partial charge in [-0.1, -0.05) is 41.4 Å². The highest BCUT2D eigenvalue weighted by molar-refractivity contribution is 7.22. The number of thiazole rings is 2. The van der Waals surface area contributed by atoms with Crippen LogP contribution in [0.25, 0.3) is 16.3 Å². The number of anilines is 4. The molecule has 3 aromatic heterocycles. The number of aromatic carboxylic acids is 1. The van der Waals surface area contributed by atoms with Crippen molar-refractivity contribution in [3.05, 3.63) is 53.0 Å². The van der Waals surface area contributed by atoms with Crippen molar-refractivity contribution in [2.75, 3.05) is 17.3 Å². The third kappa shape index (κ3) is 3.67. The number of carboxylic acid groups (broad SMARTS) is 1. The first-order valence-electron chi connectivity index (χ1n) is 8.53. The normalized spacial score (nSPS) is 10.8. The van der Waals surface area contributed by atoms with Gasteiger partial charge in [-0.15, -0.1) is 10.2 Å². The van der Waals surface area contributed by atoms with Gasteiger partial charge in [0.2, 0.25) is 0 Å². The zero-order valence-electron chi connectivity index (χ0n) is 15.6. The molecule has 0 saturated carbocycles. The molecule has 0 radical (unpaired) electrons. The Morgan fingerprint density at radius 3 is 2.69 bits per heavy atom. The molecule has 2 N–H and O–H groups in total. The molecule has 4 aromatic rings. The van der Waals surface area contributed by atoms with Crippen LogP contribution in [-0.4, -0.2) is 38.3 Å². The molecule has 0 fully saturated rings. The maximum Gasteiger partial charge on any atom is 0.356 e. The number of fused-ring (bicyclic) bond motifs is 1. The van der Waals surface area contributed by atoms with Gasteiger partial charge in [0.25, 0.3) is 0 Å². The van der Waals surface area contributed by atoms with E-state index in [-0.39, 0.29) is 5.69 Å². The summed E-state index contributed by atoms with van der Waals surface area (Å²) >= 11 is 2.77. The molecule has 3 heterocycles. The lowest BCUT2D eigenvalue weighted by Gasteiger charge is -2.15. The van der Waals surface area contributed by atoms with Gasteiger partial charge in [-0.3, -0.25) is 0 Å². The van der Waals surface area contributed by atoms with E-state index in [1.54, 1.807) is 23.3 Å². The van der Waals surface area contributed by atoms with Crippen LogP contribution in [0.3, 0.4) is 0 Å². The van der Waals surface area contributed by atoms with Crippen molar-refractivity contribution in [2.24, 2.45) is 0 Å². The minimum atomic E-state index is -1.09. The lowest BCUT2D eigenvalue weighted by Crippen LogP contribution is -2.13. The van der Waals surface area contributed by atoms with Crippen LogP contribution in [0.15, 0.2) is 36.9 Å². The Balaban J connectivity index is 1.59. The quantitative estimate of drug-likeness (QED) is 0.459. The van der Waals surface area contributed by atoms with Crippen LogP contribution in [0.4, 0.5) is 21.9 Å². The Bertz CT molecular complexity index is 1200. The standard InChI is InChI=1S/C19H16N6O2S2/c1-4-12-15(17(26)27)21-19(29-12)25(3)14-9-10(2)16(24-23-14)22-18-20-11-7-5-6-8-13(11)28-18/h4-9H,1H2,2-3H3,(H,26,27)(H,20,22,24). The lowest BCUT2D eigenvalue weighted by atomic mass is 10.3. The molecule has 4 rings (SSSR count). The second-order valence-corrected chi connectivity index (χ2v) is 8.16. The number of carboxylic acids is 1. The summed E-state index contributed by atoms with van der Waals surface area (Å²) in [4.78, 5) is 22.3. The fraction of sp³-hybridized carbons (Fsp3) is 0.105. The number of hydrogen-bond acceptors (Lipinski definition) is 9. The Labute approximate surface area is 174 Å². The second kappa shape index (κ2) is 7.57. The Morgan fingerprint density at radius 2 is 2.03 bits per heavy atom. The molecule has 8 nitrogen and oxygen atoms in total. The van der Waals surface area contributed by atoms with Crippen LogP contribution in [0.1, 0.15) is 20.9 Å². The predicted octanol–water partition coefficient (Wildman–Crippen LogP) is 4.70. The number of para-hydroxylation sites is 1. The first-order valence-corrected chi connectivity index (χ1v) is 10.2. The highest BCUT2D eigenvalue weighted by atomic mass is 32.1. The molecule has 0 bridgehead atoms. The number of nitrogens with one attached hydrogen (secondary N) is 1. The van der Waals surface area contributed by atoms with E-state index in [9.17, 15) is 9.90 Å². The first kappa shape index (κ1) is 19.0. The minimum Gasteiger partial charge on any atom is -0.476 e. The summed E-state index contributed by atoms with van der Waals surface area (Å²) in [6.07, 6.45) is 1.49. The smallest absolute Gasteiger partial charge is 0.356 e. The molecule has 0 aliphatic heterocycles. The number of hydrogen-bond donors (Lipinski definition) is 2. The van der Waals surface area contributed by atoms with Gasteiger partial charge in [0, 0.05) is 7.05 Å². The van der Waals surface area contributed by atoms with Crippen molar-refractivity contribution < 1.29 is 9.90 Å². The molecule has 29 heavy (non-hydrogen) atoms. The molecule has 0 aliphatic carbocycles. The summed E-state index contributed by atoms with van der Waals surface area (Å²) in [6.45, 7) is 5.57. The fourth-order valence-electron chi connectivity index (χ4n) is 2.64. The van der Waals surface area contributed by atoms with E-state index in [2.05, 4.69) is 32.1 Å². The molecule has 1 aromatic carbocycles. The maximum absolute atomic E-state index is 11.3. The van der Waals surface area contributed by atoms with Gasteiger partial charge < -0.3 is 15.3 Å². The van der Waals surface area contributed by atoms with Crippen LogP contribution >= 0.6 is 22.7 Å². The van der Waals surface area contributed by atoms with E-state index in [1.165, 1.54) is 17.4 Å². The van der Waals surface area contributed by atoms with E-state index >= 15 is 0 Å². The second-order valence-electron chi connectivity index (χ2n) is 6.12. The number of carbonyl (C=O) groups is 1. The summed E-state index contributed by atoms with van der Waals surface area (Å²) in [7, 11) is 1.77. The van der Waals surface area contributed by atoms with Gasteiger partial charge in [0.05, 0.1) is 15.1 Å². The maximum atomic E-state index is 11.3. The Kier molecular flexibility index (Phi) is 4.95. The topological polar surface area (TPSA) is 104 Å². The Morgan fingerprint density at radius 1 is 1.24 bits per heavy atom. The van der Waals surface area contributed by atoms with Crippen LogP contribution < -0.4 is 10.2 Å². The SMILES string of the molecule is C=Cc1sc(N(C)c2cc(C)c(Nc3nc4ccccc4s3)nn2)nc1C(=O)O. The first-order chi connectivity index (χ1) is 14.0. The largest absolute Gasteiger partial charge is 0.476 e. The summed E-state index contributed by atoms with van der Waals surface area (Å²) in [5.74, 6) is 0.0745. The molecule has 0 unspecified atom stereocenters. The van der Waals surface area contributed by atoms with E-state index in [1.807, 2.05) is 37.3 Å². The van der Waals surface area contributed by atoms with Gasteiger partial charge >= 0.3 is 5.97 Å². The monoisotopic (exact) mass is 424 g/mol. The average Bonchev–Trinajstić information content (AvgIpc) is 3.32. The summed E-state index contributed by atoms with van der Waals surface area (Å²) in [6, 6.07) is 9.77. The van der Waals surface area contributed by atoms with Gasteiger partial charge in [-0.25, -0.2) is 14.8 Å². The third-order valence-corrected chi connectivity index (χ3v) is 6.23. The van der Waals surface area contributed by atoms with E-state index in [4.69, 9.17) is 0 Å². The van der Waals surface area contributed by atoms with Crippen molar-refractivity contribution in [2.45, 2.75) is 6.92 Å². The van der Waals surface area contributed by atoms with Crippen LogP contribution in [0.5, 0.6) is 0 Å². The zero-order chi connectivity index (χ0) is 20.5. The lowest BCUT2D eigenvalue weighted by molar-refractivity contribution is 0.0691. The van der Waals surface area contributed by atoms with Crippen molar-refractivity contribution in [1.82, 2.24) is 20.2 Å². The van der Waals surface area contributed by atoms with Crippen LogP contribution in [0, 0.1) is 6.92 Å². The Hall–Kier alpha value is -3.37. The van der Waals surface area contributed by atoms with E-state index in [0.29, 0.717) is 21.6 Å². The van der Waals surface area contributed by atoms with Gasteiger partial charge in [-0.2, -0.15) is 0 Å². The average molecular weight is 425 g/mol. The number of aromatic nitrogens is 4. The molecule has 10 heteroatoms. The van der Waals surface area contributed by atoms with Gasteiger partial charge in [0.1, 0.15) is 0 Å². The minimum absolute atomic E-state index is 0.0225. The van der Waals surface area contributed by atoms with Crippen molar-refractivity contribution in [3.63, 3.8) is 0 Å². The molecular formula is C19H16N6O2S2. The van der Waals surface area contributed by atoms with Gasteiger partial charge in [-0.05, 0) is 36.8 Å².